The van der Waals surface area contributed by atoms with Crippen LogP contribution in [0.3, 0.4) is 0 Å². The van der Waals surface area contributed by atoms with Crippen molar-refractivity contribution < 1.29 is 4.79 Å². The van der Waals surface area contributed by atoms with Crippen LogP contribution < -0.4 is 0 Å². The third kappa shape index (κ3) is 3.13. The van der Waals surface area contributed by atoms with E-state index >= 15 is 0 Å². The highest BCUT2D eigenvalue weighted by Crippen LogP contribution is 2.26. The van der Waals surface area contributed by atoms with E-state index in [9.17, 15) is 4.79 Å². The molecule has 0 spiro atoms. The molecule has 1 heterocycles. The molecule has 1 aromatic heterocycles. The first-order valence-corrected chi connectivity index (χ1v) is 7.06. The fourth-order valence-electron chi connectivity index (χ4n) is 1.40. The van der Waals surface area contributed by atoms with E-state index < -0.39 is 5.91 Å². The molecule has 0 saturated heterocycles. The Morgan fingerprint density at radius 2 is 2.11 bits per heavy atom. The molecular formula is C12H9N3OS2. The standard InChI is InChI=1S/C12H9N3OS2/c13-15-14-12(16)11-8-17-6-9(11)7-18-10-4-2-1-3-5-10/h1-6,8H,7H2. The summed E-state index contributed by atoms with van der Waals surface area (Å²) >= 11 is 3.09. The summed E-state index contributed by atoms with van der Waals surface area (Å²) < 4.78 is 0. The number of thioether (sulfide) groups is 1. The summed E-state index contributed by atoms with van der Waals surface area (Å²) in [5.41, 5.74) is 9.68. The van der Waals surface area contributed by atoms with Crippen molar-refractivity contribution in [3.05, 3.63) is 62.7 Å². The van der Waals surface area contributed by atoms with Crippen LogP contribution in [0.2, 0.25) is 0 Å². The van der Waals surface area contributed by atoms with Gasteiger partial charge in [-0.1, -0.05) is 18.2 Å². The lowest BCUT2D eigenvalue weighted by atomic mass is 10.2. The smallest absolute Gasteiger partial charge is 0.250 e. The van der Waals surface area contributed by atoms with Crippen molar-refractivity contribution >= 4 is 29.0 Å². The lowest BCUT2D eigenvalue weighted by Crippen LogP contribution is -1.95. The Balaban J connectivity index is 2.09. The molecule has 0 fully saturated rings. The molecule has 0 unspecified atom stereocenters. The Bertz CT molecular complexity index is 588. The predicted molar refractivity (Wildman–Crippen MR) is 73.8 cm³/mol. The number of amides is 1. The second-order valence-electron chi connectivity index (χ2n) is 3.41. The fraction of sp³-hybridized carbons (Fsp3) is 0.0833. The highest BCUT2D eigenvalue weighted by molar-refractivity contribution is 7.98. The third-order valence-electron chi connectivity index (χ3n) is 2.25. The molecule has 0 N–H and O–H groups in total. The van der Waals surface area contributed by atoms with Gasteiger partial charge in [0.05, 0.1) is 0 Å². The van der Waals surface area contributed by atoms with Crippen molar-refractivity contribution in [2.24, 2.45) is 5.11 Å². The summed E-state index contributed by atoms with van der Waals surface area (Å²) in [4.78, 5) is 15.2. The lowest BCUT2D eigenvalue weighted by molar-refractivity contribution is 0.1000. The van der Waals surface area contributed by atoms with Gasteiger partial charge in [0, 0.05) is 26.5 Å². The zero-order valence-corrected chi connectivity index (χ0v) is 10.9. The monoisotopic (exact) mass is 275 g/mol. The lowest BCUT2D eigenvalue weighted by Gasteiger charge is -2.01. The molecule has 2 rings (SSSR count). The Kier molecular flexibility index (Phi) is 4.41. The topological polar surface area (TPSA) is 65.8 Å². The van der Waals surface area contributed by atoms with E-state index in [0.29, 0.717) is 11.3 Å². The Morgan fingerprint density at radius 1 is 1.33 bits per heavy atom. The molecule has 2 aromatic rings. The molecule has 0 atom stereocenters. The minimum Gasteiger partial charge on any atom is -0.287 e. The van der Waals surface area contributed by atoms with Gasteiger partial charge in [-0.3, -0.25) is 4.79 Å². The highest BCUT2D eigenvalue weighted by Gasteiger charge is 2.11. The molecular weight excluding hydrogens is 266 g/mol. The third-order valence-corrected chi connectivity index (χ3v) is 4.10. The zero-order valence-electron chi connectivity index (χ0n) is 9.31. The van der Waals surface area contributed by atoms with Gasteiger partial charge in [-0.15, -0.1) is 11.8 Å². The van der Waals surface area contributed by atoms with E-state index in [1.807, 2.05) is 35.7 Å². The molecule has 0 bridgehead atoms. The number of hydrogen-bond acceptors (Lipinski definition) is 3. The van der Waals surface area contributed by atoms with E-state index in [1.165, 1.54) is 11.3 Å². The average molecular weight is 275 g/mol. The number of azide groups is 1. The first-order valence-electron chi connectivity index (χ1n) is 5.13. The fourth-order valence-corrected chi connectivity index (χ4v) is 3.24. The van der Waals surface area contributed by atoms with E-state index in [0.717, 1.165) is 10.5 Å². The van der Waals surface area contributed by atoms with Gasteiger partial charge in [-0.2, -0.15) is 11.3 Å². The van der Waals surface area contributed by atoms with Crippen LogP contribution in [0.4, 0.5) is 0 Å². The SMILES string of the molecule is [N-]=[N+]=NC(=O)c1cscc1CSc1ccccc1. The second-order valence-corrected chi connectivity index (χ2v) is 5.20. The van der Waals surface area contributed by atoms with Crippen molar-refractivity contribution in [1.29, 1.82) is 0 Å². The Morgan fingerprint density at radius 3 is 2.83 bits per heavy atom. The van der Waals surface area contributed by atoms with Gasteiger partial charge >= 0.3 is 0 Å². The van der Waals surface area contributed by atoms with Gasteiger partial charge in [0.25, 0.3) is 0 Å². The number of benzene rings is 1. The number of thiophene rings is 1. The van der Waals surface area contributed by atoms with Crippen LogP contribution >= 0.6 is 23.1 Å². The normalized spacial score (nSPS) is 9.78. The highest BCUT2D eigenvalue weighted by atomic mass is 32.2. The molecule has 0 aliphatic rings. The molecule has 4 nitrogen and oxygen atoms in total. The maximum absolute atomic E-state index is 11.5. The summed E-state index contributed by atoms with van der Waals surface area (Å²) in [6, 6.07) is 9.95. The molecule has 0 aliphatic carbocycles. The molecule has 6 heteroatoms. The molecule has 0 aliphatic heterocycles. The van der Waals surface area contributed by atoms with Gasteiger partial charge in [0.2, 0.25) is 5.91 Å². The van der Waals surface area contributed by atoms with Gasteiger partial charge in [-0.25, -0.2) is 0 Å². The van der Waals surface area contributed by atoms with Crippen LogP contribution in [-0.2, 0) is 5.75 Å². The minimum absolute atomic E-state index is 0.501. The van der Waals surface area contributed by atoms with Crippen LogP contribution in [0.5, 0.6) is 0 Å². The quantitative estimate of drug-likeness (QED) is 0.357. The van der Waals surface area contributed by atoms with Crippen LogP contribution in [-0.4, -0.2) is 5.91 Å². The maximum Gasteiger partial charge on any atom is 0.250 e. The van der Waals surface area contributed by atoms with Crippen molar-refractivity contribution in [3.63, 3.8) is 0 Å². The van der Waals surface area contributed by atoms with Crippen molar-refractivity contribution in [2.75, 3.05) is 0 Å². The van der Waals surface area contributed by atoms with Gasteiger partial charge in [0.1, 0.15) is 0 Å². The Hall–Kier alpha value is -1.75. The summed E-state index contributed by atoms with van der Waals surface area (Å²) in [5, 5.41) is 6.75. The van der Waals surface area contributed by atoms with E-state index in [1.54, 1.807) is 17.1 Å². The van der Waals surface area contributed by atoms with Crippen LogP contribution in [0.15, 0.2) is 51.1 Å². The number of carbonyl (C=O) groups is 1. The number of hydrogen-bond donors (Lipinski definition) is 0. The predicted octanol–water partition coefficient (Wildman–Crippen LogP) is 4.49. The van der Waals surface area contributed by atoms with Gasteiger partial charge in [-0.05, 0) is 33.7 Å². The molecule has 0 saturated carbocycles. The van der Waals surface area contributed by atoms with Crippen LogP contribution in [0.25, 0.3) is 10.4 Å². The largest absolute Gasteiger partial charge is 0.287 e. The maximum atomic E-state index is 11.5. The van der Waals surface area contributed by atoms with Crippen molar-refractivity contribution in [3.8, 4) is 0 Å². The molecule has 18 heavy (non-hydrogen) atoms. The van der Waals surface area contributed by atoms with E-state index in [2.05, 4.69) is 10.0 Å². The van der Waals surface area contributed by atoms with Crippen LogP contribution in [0, 0.1) is 0 Å². The summed E-state index contributed by atoms with van der Waals surface area (Å²) in [6.45, 7) is 0. The van der Waals surface area contributed by atoms with E-state index in [-0.39, 0.29) is 0 Å². The van der Waals surface area contributed by atoms with Gasteiger partial charge < -0.3 is 0 Å². The zero-order chi connectivity index (χ0) is 12.8. The molecule has 90 valence electrons. The second kappa shape index (κ2) is 6.26. The average Bonchev–Trinajstić information content (AvgIpc) is 2.86. The number of rotatable bonds is 4. The summed E-state index contributed by atoms with van der Waals surface area (Å²) in [6.07, 6.45) is 0. The summed E-state index contributed by atoms with van der Waals surface area (Å²) in [7, 11) is 0. The first kappa shape index (κ1) is 12.7. The molecule has 0 radical (unpaired) electrons. The van der Waals surface area contributed by atoms with Crippen molar-refractivity contribution in [2.45, 2.75) is 10.6 Å². The first-order chi connectivity index (χ1) is 8.81. The Labute approximate surface area is 112 Å². The molecule has 1 amide bonds. The minimum atomic E-state index is -0.512. The van der Waals surface area contributed by atoms with E-state index in [4.69, 9.17) is 5.53 Å². The van der Waals surface area contributed by atoms with Gasteiger partial charge in [0.15, 0.2) is 0 Å². The summed E-state index contributed by atoms with van der Waals surface area (Å²) in [5.74, 6) is 0.178. The number of carbonyl (C=O) groups excluding carboxylic acids is 1. The van der Waals surface area contributed by atoms with Crippen molar-refractivity contribution in [1.82, 2.24) is 0 Å². The number of nitrogens with zero attached hydrogens (tertiary/aromatic N) is 3. The van der Waals surface area contributed by atoms with Crippen LogP contribution in [0.1, 0.15) is 15.9 Å². The molecule has 1 aromatic carbocycles.